The van der Waals surface area contributed by atoms with Crippen molar-refractivity contribution in [2.24, 2.45) is 5.41 Å². The average Bonchev–Trinajstić information content (AvgIpc) is 2.53. The molecule has 0 aromatic rings. The number of hydrogen-bond donors (Lipinski definition) is 1. The predicted octanol–water partition coefficient (Wildman–Crippen LogP) is 5.15. The number of allylic oxidation sites excluding steroid dienone is 9. The molecule has 0 radical (unpaired) electrons. The predicted molar refractivity (Wildman–Crippen MR) is 105 cm³/mol. The highest BCUT2D eigenvalue weighted by molar-refractivity contribution is 6.28. The Labute approximate surface area is 156 Å². The van der Waals surface area contributed by atoms with Gasteiger partial charge in [0, 0.05) is 0 Å². The van der Waals surface area contributed by atoms with Crippen molar-refractivity contribution in [1.29, 1.82) is 0 Å². The summed E-state index contributed by atoms with van der Waals surface area (Å²) in [6, 6.07) is 0. The van der Waals surface area contributed by atoms with Gasteiger partial charge in [0.05, 0.1) is 0 Å². The average molecular weight is 358 g/mol. The Bertz CT molecular complexity index is 685. The minimum Gasteiger partial charge on any atom is -0.473 e. The number of aliphatic carboxylic acids is 1. The van der Waals surface area contributed by atoms with Gasteiger partial charge in [-0.05, 0) is 57.1 Å². The molecule has 1 aliphatic carbocycles. The number of hydrogen-bond acceptors (Lipinski definition) is 3. The smallest absolute Gasteiger partial charge is 0.417 e. The van der Waals surface area contributed by atoms with Gasteiger partial charge in [-0.2, -0.15) is 0 Å². The summed E-state index contributed by atoms with van der Waals surface area (Å²) >= 11 is 0. The molecule has 0 saturated carbocycles. The first kappa shape index (κ1) is 21.7. The Kier molecular flexibility index (Phi) is 8.30. The maximum Gasteiger partial charge on any atom is 0.417 e. The highest BCUT2D eigenvalue weighted by atomic mass is 16.6. The number of carbonyl (C=O) groups is 2. The van der Waals surface area contributed by atoms with Crippen molar-refractivity contribution >= 4 is 11.9 Å². The van der Waals surface area contributed by atoms with E-state index in [2.05, 4.69) is 44.6 Å². The topological polar surface area (TPSA) is 63.6 Å². The minimum absolute atomic E-state index is 0.0492. The van der Waals surface area contributed by atoms with Crippen LogP contribution in [-0.4, -0.2) is 23.7 Å². The third kappa shape index (κ3) is 7.26. The summed E-state index contributed by atoms with van der Waals surface area (Å²) < 4.78 is 4.56. The van der Waals surface area contributed by atoms with Crippen molar-refractivity contribution in [1.82, 2.24) is 0 Å². The van der Waals surface area contributed by atoms with Gasteiger partial charge >= 0.3 is 11.9 Å². The van der Waals surface area contributed by atoms with E-state index in [1.807, 2.05) is 25.2 Å². The zero-order chi connectivity index (χ0) is 19.7. The normalized spacial score (nSPS) is 18.7. The van der Waals surface area contributed by atoms with Gasteiger partial charge in [0.25, 0.3) is 0 Å². The zero-order valence-electron chi connectivity index (χ0n) is 16.5. The number of esters is 1. The van der Waals surface area contributed by atoms with E-state index in [0.717, 1.165) is 11.1 Å². The molecule has 0 saturated heterocycles. The van der Waals surface area contributed by atoms with Crippen LogP contribution in [0.4, 0.5) is 0 Å². The lowest BCUT2D eigenvalue weighted by Gasteiger charge is -2.32. The van der Waals surface area contributed by atoms with Crippen molar-refractivity contribution in [3.63, 3.8) is 0 Å². The number of carboxylic acid groups (broad SMARTS) is 1. The molecule has 26 heavy (non-hydrogen) atoms. The molecular weight excluding hydrogens is 328 g/mol. The summed E-state index contributed by atoms with van der Waals surface area (Å²) in [5.41, 5.74) is 5.20. The summed E-state index contributed by atoms with van der Waals surface area (Å²) in [6.07, 6.45) is 15.6. The van der Waals surface area contributed by atoms with Crippen LogP contribution in [0, 0.1) is 5.41 Å². The summed E-state index contributed by atoms with van der Waals surface area (Å²) in [5, 5.41) is 8.42. The van der Waals surface area contributed by atoms with Gasteiger partial charge in [-0.15, -0.1) is 0 Å². The third-order valence-electron chi connectivity index (χ3n) is 4.57. The molecule has 4 nitrogen and oxygen atoms in total. The first-order valence-corrected chi connectivity index (χ1v) is 8.93. The highest BCUT2D eigenvalue weighted by Gasteiger charge is 2.26. The van der Waals surface area contributed by atoms with Gasteiger partial charge in [-0.3, -0.25) is 0 Å². The van der Waals surface area contributed by atoms with Crippen molar-refractivity contribution in [2.45, 2.75) is 53.9 Å². The second-order valence-electron chi connectivity index (χ2n) is 7.39. The Morgan fingerprint density at radius 2 is 1.88 bits per heavy atom. The number of rotatable bonds is 6. The SMILES string of the molecule is CC(C=CC1=C(C)CCCC1(C)C)=CC=CC(C)=CCOC(=O)C(=O)O. The van der Waals surface area contributed by atoms with E-state index < -0.39 is 11.9 Å². The van der Waals surface area contributed by atoms with Crippen LogP contribution >= 0.6 is 0 Å². The van der Waals surface area contributed by atoms with E-state index in [-0.39, 0.29) is 12.0 Å². The van der Waals surface area contributed by atoms with Crippen LogP contribution in [0.2, 0.25) is 0 Å². The molecule has 1 aliphatic rings. The molecule has 142 valence electrons. The molecule has 0 bridgehead atoms. The summed E-state index contributed by atoms with van der Waals surface area (Å²) in [4.78, 5) is 21.1. The molecule has 0 aromatic heterocycles. The lowest BCUT2D eigenvalue weighted by atomic mass is 9.72. The Balaban J connectivity index is 2.63. The van der Waals surface area contributed by atoms with Crippen molar-refractivity contribution in [2.75, 3.05) is 6.61 Å². The Morgan fingerprint density at radius 3 is 2.50 bits per heavy atom. The summed E-state index contributed by atoms with van der Waals surface area (Å²) in [5.74, 6) is -2.82. The van der Waals surface area contributed by atoms with Crippen LogP contribution in [0.5, 0.6) is 0 Å². The van der Waals surface area contributed by atoms with Gasteiger partial charge in [-0.1, -0.05) is 60.9 Å². The van der Waals surface area contributed by atoms with Crippen LogP contribution in [0.1, 0.15) is 53.9 Å². The largest absolute Gasteiger partial charge is 0.473 e. The number of ether oxygens (including phenoxy) is 1. The second kappa shape index (κ2) is 9.95. The lowest BCUT2D eigenvalue weighted by Crippen LogP contribution is -2.19. The van der Waals surface area contributed by atoms with E-state index >= 15 is 0 Å². The quantitative estimate of drug-likeness (QED) is 0.405. The molecule has 1 rings (SSSR count). The first-order chi connectivity index (χ1) is 12.1. The molecule has 0 atom stereocenters. The Morgan fingerprint density at radius 1 is 1.19 bits per heavy atom. The van der Waals surface area contributed by atoms with Gasteiger partial charge in [0.2, 0.25) is 0 Å². The maximum atomic E-state index is 10.8. The van der Waals surface area contributed by atoms with Crippen LogP contribution < -0.4 is 0 Å². The number of carbonyl (C=O) groups excluding carboxylic acids is 1. The third-order valence-corrected chi connectivity index (χ3v) is 4.57. The molecule has 0 unspecified atom stereocenters. The summed E-state index contributed by atoms with van der Waals surface area (Å²) in [7, 11) is 0. The fourth-order valence-corrected chi connectivity index (χ4v) is 3.01. The standard InChI is InChI=1S/C22H30O4/c1-16(11-12-19-18(3)10-7-14-22(19,4)5)8-6-9-17(2)13-15-26-21(25)20(23)24/h6,8-9,11-13H,7,10,14-15H2,1-5H3,(H,23,24). The molecule has 0 aliphatic heterocycles. The highest BCUT2D eigenvalue weighted by Crippen LogP contribution is 2.40. The van der Waals surface area contributed by atoms with Gasteiger partial charge in [0.1, 0.15) is 6.61 Å². The van der Waals surface area contributed by atoms with Crippen LogP contribution in [0.15, 0.2) is 58.7 Å². The minimum atomic E-state index is -1.58. The summed E-state index contributed by atoms with van der Waals surface area (Å²) in [6.45, 7) is 10.7. The van der Waals surface area contributed by atoms with Crippen molar-refractivity contribution in [3.05, 3.63) is 58.7 Å². The van der Waals surface area contributed by atoms with E-state index in [1.54, 1.807) is 6.08 Å². The zero-order valence-corrected chi connectivity index (χ0v) is 16.5. The van der Waals surface area contributed by atoms with Crippen LogP contribution in [0.3, 0.4) is 0 Å². The van der Waals surface area contributed by atoms with Gasteiger partial charge < -0.3 is 9.84 Å². The second-order valence-corrected chi connectivity index (χ2v) is 7.39. The Hall–Kier alpha value is -2.36. The molecule has 1 N–H and O–H groups in total. The fourth-order valence-electron chi connectivity index (χ4n) is 3.01. The molecular formula is C22H30O4. The monoisotopic (exact) mass is 358 g/mol. The first-order valence-electron chi connectivity index (χ1n) is 8.93. The molecule has 0 spiro atoms. The van der Waals surface area contributed by atoms with E-state index in [4.69, 9.17) is 5.11 Å². The van der Waals surface area contributed by atoms with E-state index in [1.165, 1.54) is 30.4 Å². The molecule has 0 amide bonds. The molecule has 4 heteroatoms. The van der Waals surface area contributed by atoms with Gasteiger partial charge in [-0.25, -0.2) is 9.59 Å². The lowest BCUT2D eigenvalue weighted by molar-refractivity contribution is -0.163. The molecule has 0 heterocycles. The van der Waals surface area contributed by atoms with Crippen molar-refractivity contribution in [3.8, 4) is 0 Å². The van der Waals surface area contributed by atoms with E-state index in [0.29, 0.717) is 0 Å². The fraction of sp³-hybridized carbons (Fsp3) is 0.455. The number of carboxylic acids is 1. The van der Waals surface area contributed by atoms with Crippen LogP contribution in [-0.2, 0) is 14.3 Å². The molecule has 0 aromatic carbocycles. The molecule has 0 fully saturated rings. The van der Waals surface area contributed by atoms with E-state index in [9.17, 15) is 9.59 Å². The maximum absolute atomic E-state index is 10.8. The van der Waals surface area contributed by atoms with Crippen molar-refractivity contribution < 1.29 is 19.4 Å². The van der Waals surface area contributed by atoms with Gasteiger partial charge in [0.15, 0.2) is 0 Å². The van der Waals surface area contributed by atoms with Crippen LogP contribution in [0.25, 0.3) is 0 Å².